The normalized spacial score (nSPS) is 10.5. The van der Waals surface area contributed by atoms with Crippen molar-refractivity contribution in [2.45, 2.75) is 20.3 Å². The minimum Gasteiger partial charge on any atom is -0.490 e. The lowest BCUT2D eigenvalue weighted by atomic mass is 10.2. The van der Waals surface area contributed by atoms with Crippen LogP contribution in [-0.4, -0.2) is 11.6 Å². The van der Waals surface area contributed by atoms with Crippen LogP contribution in [0.25, 0.3) is 0 Å². The van der Waals surface area contributed by atoms with E-state index in [0.717, 1.165) is 17.7 Å². The minimum absolute atomic E-state index is 0.309. The Kier molecular flexibility index (Phi) is 3.74. The lowest BCUT2D eigenvalue weighted by molar-refractivity contribution is 0.305. The van der Waals surface area contributed by atoms with Crippen LogP contribution in [0.15, 0.2) is 23.7 Å². The summed E-state index contributed by atoms with van der Waals surface area (Å²) in [5, 5.41) is 0. The molecule has 0 bridgehead atoms. The molecule has 0 N–H and O–H groups in total. The number of halogens is 1. The molecule has 0 saturated heterocycles. The summed E-state index contributed by atoms with van der Waals surface area (Å²) in [5.74, 6) is 0.0174. The van der Waals surface area contributed by atoms with Crippen LogP contribution in [0.1, 0.15) is 16.1 Å². The van der Waals surface area contributed by atoms with Gasteiger partial charge in [-0.1, -0.05) is 6.07 Å². The maximum absolute atomic E-state index is 13.4. The van der Waals surface area contributed by atoms with Crippen molar-refractivity contribution in [3.8, 4) is 5.75 Å². The first-order chi connectivity index (χ1) is 8.16. The number of hydrogen-bond donors (Lipinski definition) is 0. The molecular weight excluding hydrogens is 237 g/mol. The van der Waals surface area contributed by atoms with Gasteiger partial charge in [0.05, 0.1) is 17.8 Å². The topological polar surface area (TPSA) is 22.1 Å². The van der Waals surface area contributed by atoms with E-state index in [1.54, 1.807) is 23.5 Å². The van der Waals surface area contributed by atoms with E-state index in [4.69, 9.17) is 4.74 Å². The monoisotopic (exact) mass is 251 g/mol. The van der Waals surface area contributed by atoms with E-state index in [1.165, 1.54) is 10.9 Å². The fourth-order valence-electron chi connectivity index (χ4n) is 1.54. The van der Waals surface area contributed by atoms with Crippen molar-refractivity contribution in [2.75, 3.05) is 6.61 Å². The van der Waals surface area contributed by atoms with Crippen molar-refractivity contribution in [2.24, 2.45) is 0 Å². The molecule has 1 heterocycles. The maximum atomic E-state index is 13.4. The lowest BCUT2D eigenvalue weighted by Crippen LogP contribution is -2.02. The average Bonchev–Trinajstić information content (AvgIpc) is 2.70. The van der Waals surface area contributed by atoms with Crippen molar-refractivity contribution in [1.29, 1.82) is 0 Å². The van der Waals surface area contributed by atoms with Gasteiger partial charge in [0.2, 0.25) is 0 Å². The Bertz CT molecular complexity index is 510. The fraction of sp³-hybridized carbons (Fsp3) is 0.308. The van der Waals surface area contributed by atoms with Gasteiger partial charge in [0.1, 0.15) is 0 Å². The number of nitrogens with zero attached hydrogens (tertiary/aromatic N) is 1. The molecule has 90 valence electrons. The zero-order chi connectivity index (χ0) is 12.3. The quantitative estimate of drug-likeness (QED) is 0.829. The maximum Gasteiger partial charge on any atom is 0.165 e. The molecule has 2 nitrogen and oxygen atoms in total. The molecule has 2 aromatic rings. The number of benzene rings is 1. The first-order valence-electron chi connectivity index (χ1n) is 5.45. The van der Waals surface area contributed by atoms with E-state index in [0.29, 0.717) is 12.4 Å². The van der Waals surface area contributed by atoms with E-state index >= 15 is 0 Å². The highest BCUT2D eigenvalue weighted by Crippen LogP contribution is 2.19. The smallest absolute Gasteiger partial charge is 0.165 e. The molecule has 0 amide bonds. The van der Waals surface area contributed by atoms with Crippen LogP contribution < -0.4 is 4.74 Å². The van der Waals surface area contributed by atoms with E-state index in [2.05, 4.69) is 4.98 Å². The highest BCUT2D eigenvalue weighted by atomic mass is 32.1. The molecule has 0 fully saturated rings. The Morgan fingerprint density at radius 3 is 2.88 bits per heavy atom. The van der Waals surface area contributed by atoms with Crippen molar-refractivity contribution < 1.29 is 9.13 Å². The van der Waals surface area contributed by atoms with Crippen LogP contribution in [-0.2, 0) is 6.42 Å². The van der Waals surface area contributed by atoms with Gasteiger partial charge in [0.25, 0.3) is 0 Å². The molecule has 0 aliphatic rings. The van der Waals surface area contributed by atoms with Crippen molar-refractivity contribution in [3.05, 3.63) is 45.7 Å². The second-order valence-electron chi connectivity index (χ2n) is 3.89. The van der Waals surface area contributed by atoms with Gasteiger partial charge in [-0.15, -0.1) is 11.3 Å². The predicted molar refractivity (Wildman–Crippen MR) is 67.2 cm³/mol. The van der Waals surface area contributed by atoms with E-state index in [-0.39, 0.29) is 5.82 Å². The molecule has 0 radical (unpaired) electrons. The summed E-state index contributed by atoms with van der Waals surface area (Å²) in [6.45, 7) is 4.36. The lowest BCUT2D eigenvalue weighted by Gasteiger charge is -2.07. The highest BCUT2D eigenvalue weighted by molar-refractivity contribution is 7.09. The molecule has 0 unspecified atom stereocenters. The third-order valence-corrected chi connectivity index (χ3v) is 3.51. The Morgan fingerprint density at radius 1 is 1.35 bits per heavy atom. The number of rotatable bonds is 4. The molecule has 17 heavy (non-hydrogen) atoms. The van der Waals surface area contributed by atoms with Crippen LogP contribution in [0.2, 0.25) is 0 Å². The SMILES string of the molecule is Cc1ccc(F)c(OCCc2scnc2C)c1. The van der Waals surface area contributed by atoms with Gasteiger partial charge in [-0.05, 0) is 31.5 Å². The zero-order valence-corrected chi connectivity index (χ0v) is 10.7. The Morgan fingerprint density at radius 2 is 2.18 bits per heavy atom. The zero-order valence-electron chi connectivity index (χ0n) is 9.87. The van der Waals surface area contributed by atoms with Crippen molar-refractivity contribution in [3.63, 3.8) is 0 Å². The van der Waals surface area contributed by atoms with Gasteiger partial charge in [-0.25, -0.2) is 9.37 Å². The summed E-state index contributed by atoms with van der Waals surface area (Å²) in [6.07, 6.45) is 0.768. The second kappa shape index (κ2) is 5.27. The average molecular weight is 251 g/mol. The number of aromatic nitrogens is 1. The largest absolute Gasteiger partial charge is 0.490 e. The summed E-state index contributed by atoms with van der Waals surface area (Å²) >= 11 is 1.61. The van der Waals surface area contributed by atoms with Crippen molar-refractivity contribution in [1.82, 2.24) is 4.98 Å². The van der Waals surface area contributed by atoms with Gasteiger partial charge in [0, 0.05) is 11.3 Å². The Balaban J connectivity index is 1.94. The highest BCUT2D eigenvalue weighted by Gasteiger charge is 2.05. The summed E-state index contributed by atoms with van der Waals surface area (Å²) < 4.78 is 18.8. The molecule has 1 aromatic carbocycles. The summed E-state index contributed by atoms with van der Waals surface area (Å²) in [7, 11) is 0. The van der Waals surface area contributed by atoms with Gasteiger partial charge in [-0.3, -0.25) is 0 Å². The molecule has 0 aliphatic heterocycles. The van der Waals surface area contributed by atoms with Crippen LogP contribution in [0.5, 0.6) is 5.75 Å². The Labute approximate surface area is 104 Å². The van der Waals surface area contributed by atoms with Crippen LogP contribution in [0.4, 0.5) is 4.39 Å². The van der Waals surface area contributed by atoms with Gasteiger partial charge >= 0.3 is 0 Å². The molecule has 4 heteroatoms. The molecular formula is C13H14FNOS. The summed E-state index contributed by atoms with van der Waals surface area (Å²) in [6, 6.07) is 4.88. The number of hydrogen-bond acceptors (Lipinski definition) is 3. The first-order valence-corrected chi connectivity index (χ1v) is 6.32. The van der Waals surface area contributed by atoms with Gasteiger partial charge < -0.3 is 4.74 Å². The predicted octanol–water partition coefficient (Wildman–Crippen LogP) is 3.52. The summed E-state index contributed by atoms with van der Waals surface area (Å²) in [4.78, 5) is 5.36. The number of aryl methyl sites for hydroxylation is 2. The molecule has 1 aromatic heterocycles. The van der Waals surface area contributed by atoms with E-state index in [1.807, 2.05) is 19.4 Å². The first kappa shape index (κ1) is 12.0. The van der Waals surface area contributed by atoms with E-state index in [9.17, 15) is 4.39 Å². The Hall–Kier alpha value is -1.42. The van der Waals surface area contributed by atoms with Crippen LogP contribution in [0, 0.1) is 19.7 Å². The third kappa shape index (κ3) is 3.03. The molecule has 0 saturated carbocycles. The van der Waals surface area contributed by atoms with Crippen LogP contribution in [0.3, 0.4) is 0 Å². The van der Waals surface area contributed by atoms with E-state index < -0.39 is 0 Å². The minimum atomic E-state index is -0.309. The standard InChI is InChI=1S/C13H14FNOS/c1-9-3-4-11(14)12(7-9)16-6-5-13-10(2)15-8-17-13/h3-4,7-8H,5-6H2,1-2H3. The summed E-state index contributed by atoms with van der Waals surface area (Å²) in [5.41, 5.74) is 3.84. The third-order valence-electron chi connectivity index (χ3n) is 2.52. The van der Waals surface area contributed by atoms with Gasteiger partial charge in [-0.2, -0.15) is 0 Å². The molecule has 0 spiro atoms. The van der Waals surface area contributed by atoms with Crippen molar-refractivity contribution >= 4 is 11.3 Å². The number of thiazole rings is 1. The number of ether oxygens (including phenoxy) is 1. The second-order valence-corrected chi connectivity index (χ2v) is 4.83. The molecule has 2 rings (SSSR count). The molecule has 0 atom stereocenters. The molecule has 0 aliphatic carbocycles. The fourth-order valence-corrected chi connectivity index (χ4v) is 2.30. The van der Waals surface area contributed by atoms with Crippen LogP contribution >= 0.6 is 11.3 Å². The van der Waals surface area contributed by atoms with Gasteiger partial charge in [0.15, 0.2) is 11.6 Å².